The Hall–Kier alpha value is -1.10. The summed E-state index contributed by atoms with van der Waals surface area (Å²) < 4.78 is 1.88. The van der Waals surface area contributed by atoms with E-state index in [0.717, 1.165) is 31.0 Å². The van der Waals surface area contributed by atoms with Gasteiger partial charge in [-0.05, 0) is 12.3 Å². The fourth-order valence-corrected chi connectivity index (χ4v) is 1.81. The number of nitrogens with two attached hydrogens (primary N) is 1. The van der Waals surface area contributed by atoms with E-state index >= 15 is 0 Å². The van der Waals surface area contributed by atoms with Gasteiger partial charge in [-0.3, -0.25) is 0 Å². The van der Waals surface area contributed by atoms with E-state index in [0.29, 0.717) is 5.92 Å². The van der Waals surface area contributed by atoms with Crippen molar-refractivity contribution in [2.24, 2.45) is 11.7 Å². The van der Waals surface area contributed by atoms with Gasteiger partial charge >= 0.3 is 0 Å². The SMILES string of the molecule is CC(C)CC(N)c1nnn2c1NCC2. The quantitative estimate of drug-likeness (QED) is 0.746. The third kappa shape index (κ3) is 1.59. The van der Waals surface area contributed by atoms with Gasteiger partial charge in [-0.15, -0.1) is 5.10 Å². The number of rotatable bonds is 3. The molecule has 1 atom stereocenters. The number of nitrogens with one attached hydrogen (secondary N) is 1. The van der Waals surface area contributed by atoms with Crippen LogP contribution in [-0.4, -0.2) is 21.5 Å². The summed E-state index contributed by atoms with van der Waals surface area (Å²) in [5.74, 6) is 1.60. The summed E-state index contributed by atoms with van der Waals surface area (Å²) >= 11 is 0. The van der Waals surface area contributed by atoms with Crippen molar-refractivity contribution in [2.45, 2.75) is 32.9 Å². The summed E-state index contributed by atoms with van der Waals surface area (Å²) in [6, 6.07) is 0.00403. The molecule has 0 saturated heterocycles. The van der Waals surface area contributed by atoms with Crippen LogP contribution in [0.4, 0.5) is 5.82 Å². The van der Waals surface area contributed by atoms with E-state index in [1.807, 2.05) is 4.68 Å². The van der Waals surface area contributed by atoms with Crippen molar-refractivity contribution in [3.05, 3.63) is 5.69 Å². The molecule has 1 aliphatic rings. The van der Waals surface area contributed by atoms with Gasteiger partial charge in [-0.1, -0.05) is 19.1 Å². The zero-order valence-electron chi connectivity index (χ0n) is 8.70. The highest BCUT2D eigenvalue weighted by Crippen LogP contribution is 2.25. The van der Waals surface area contributed by atoms with Crippen molar-refractivity contribution in [1.29, 1.82) is 0 Å². The molecule has 0 aromatic carbocycles. The van der Waals surface area contributed by atoms with Gasteiger partial charge in [-0.25, -0.2) is 4.68 Å². The molecule has 0 bridgehead atoms. The monoisotopic (exact) mass is 195 g/mol. The Morgan fingerprint density at radius 2 is 2.36 bits per heavy atom. The maximum absolute atomic E-state index is 6.06. The number of fused-ring (bicyclic) bond motifs is 1. The minimum atomic E-state index is 0.00403. The fraction of sp³-hybridized carbons (Fsp3) is 0.778. The number of anilines is 1. The van der Waals surface area contributed by atoms with E-state index in [2.05, 4.69) is 29.5 Å². The second kappa shape index (κ2) is 3.57. The molecule has 0 fully saturated rings. The first-order valence-electron chi connectivity index (χ1n) is 5.11. The minimum Gasteiger partial charge on any atom is -0.367 e. The van der Waals surface area contributed by atoms with Crippen LogP contribution in [0.3, 0.4) is 0 Å². The van der Waals surface area contributed by atoms with Crippen LogP contribution in [0, 0.1) is 5.92 Å². The normalized spacial score (nSPS) is 16.9. The van der Waals surface area contributed by atoms with Crippen molar-refractivity contribution in [3.8, 4) is 0 Å². The first-order valence-corrected chi connectivity index (χ1v) is 5.11. The van der Waals surface area contributed by atoms with Crippen LogP contribution in [0.2, 0.25) is 0 Å². The molecular formula is C9H17N5. The first-order chi connectivity index (χ1) is 6.68. The minimum absolute atomic E-state index is 0.00403. The molecule has 1 aromatic rings. The van der Waals surface area contributed by atoms with E-state index in [1.165, 1.54) is 0 Å². The molecule has 0 aliphatic carbocycles. The van der Waals surface area contributed by atoms with E-state index in [4.69, 9.17) is 5.73 Å². The molecule has 14 heavy (non-hydrogen) atoms. The molecule has 0 saturated carbocycles. The lowest BCUT2D eigenvalue weighted by molar-refractivity contribution is 0.502. The van der Waals surface area contributed by atoms with Crippen molar-refractivity contribution in [1.82, 2.24) is 15.0 Å². The van der Waals surface area contributed by atoms with E-state index in [9.17, 15) is 0 Å². The Bertz CT molecular complexity index is 317. The number of aromatic nitrogens is 3. The lowest BCUT2D eigenvalue weighted by Crippen LogP contribution is -2.15. The summed E-state index contributed by atoms with van der Waals surface area (Å²) in [4.78, 5) is 0. The average Bonchev–Trinajstić information content (AvgIpc) is 2.59. The van der Waals surface area contributed by atoms with Crippen LogP contribution >= 0.6 is 0 Å². The van der Waals surface area contributed by atoms with Crippen LogP contribution in [0.25, 0.3) is 0 Å². The molecule has 0 spiro atoms. The highest BCUT2D eigenvalue weighted by Gasteiger charge is 2.22. The summed E-state index contributed by atoms with van der Waals surface area (Å²) in [6.07, 6.45) is 0.952. The third-order valence-corrected chi connectivity index (χ3v) is 2.45. The first kappa shape index (κ1) is 9.45. The van der Waals surface area contributed by atoms with Gasteiger partial charge in [0.05, 0.1) is 12.6 Å². The Morgan fingerprint density at radius 1 is 1.57 bits per heavy atom. The van der Waals surface area contributed by atoms with Crippen LogP contribution in [0.1, 0.15) is 32.0 Å². The largest absolute Gasteiger partial charge is 0.367 e. The van der Waals surface area contributed by atoms with Crippen molar-refractivity contribution >= 4 is 5.82 Å². The van der Waals surface area contributed by atoms with Gasteiger partial charge in [0.15, 0.2) is 0 Å². The Kier molecular flexibility index (Phi) is 2.41. The standard InChI is InChI=1S/C9H17N5/c1-6(2)5-7(10)8-9-11-3-4-14(9)13-12-8/h6-7,11H,3-5,10H2,1-2H3. The molecule has 1 aliphatic heterocycles. The Balaban J connectivity index is 2.16. The molecule has 2 rings (SSSR count). The molecule has 1 aromatic heterocycles. The number of hydrogen-bond donors (Lipinski definition) is 2. The van der Waals surface area contributed by atoms with Gasteiger partial charge in [-0.2, -0.15) is 0 Å². The fourth-order valence-electron chi connectivity index (χ4n) is 1.81. The zero-order chi connectivity index (χ0) is 10.1. The lowest BCUT2D eigenvalue weighted by atomic mass is 10.0. The summed E-state index contributed by atoms with van der Waals surface area (Å²) in [6.45, 7) is 6.16. The second-order valence-electron chi connectivity index (χ2n) is 4.21. The van der Waals surface area contributed by atoms with Gasteiger partial charge in [0.1, 0.15) is 11.5 Å². The van der Waals surface area contributed by atoms with Crippen molar-refractivity contribution < 1.29 is 0 Å². The van der Waals surface area contributed by atoms with Crippen molar-refractivity contribution in [3.63, 3.8) is 0 Å². The molecule has 5 nitrogen and oxygen atoms in total. The lowest BCUT2D eigenvalue weighted by Gasteiger charge is -2.12. The van der Waals surface area contributed by atoms with E-state index in [-0.39, 0.29) is 6.04 Å². The number of hydrogen-bond acceptors (Lipinski definition) is 4. The molecule has 1 unspecified atom stereocenters. The Morgan fingerprint density at radius 3 is 3.07 bits per heavy atom. The topological polar surface area (TPSA) is 68.8 Å². The predicted octanol–water partition coefficient (Wildman–Crippen LogP) is 0.749. The smallest absolute Gasteiger partial charge is 0.149 e. The summed E-state index contributed by atoms with van der Waals surface area (Å²) in [5.41, 5.74) is 6.97. The summed E-state index contributed by atoms with van der Waals surface area (Å²) in [5, 5.41) is 11.4. The third-order valence-electron chi connectivity index (χ3n) is 2.45. The van der Waals surface area contributed by atoms with E-state index in [1.54, 1.807) is 0 Å². The molecule has 5 heteroatoms. The zero-order valence-corrected chi connectivity index (χ0v) is 8.70. The molecule has 3 N–H and O–H groups in total. The van der Waals surface area contributed by atoms with E-state index < -0.39 is 0 Å². The molecular weight excluding hydrogens is 178 g/mol. The molecule has 0 radical (unpaired) electrons. The predicted molar refractivity (Wildman–Crippen MR) is 54.9 cm³/mol. The van der Waals surface area contributed by atoms with Gasteiger partial charge in [0.25, 0.3) is 0 Å². The average molecular weight is 195 g/mol. The molecule has 0 amide bonds. The van der Waals surface area contributed by atoms with Crippen LogP contribution in [-0.2, 0) is 6.54 Å². The maximum atomic E-state index is 6.06. The van der Waals surface area contributed by atoms with Gasteiger partial charge in [0.2, 0.25) is 0 Å². The highest BCUT2D eigenvalue weighted by atomic mass is 15.5. The Labute approximate surface area is 83.7 Å². The number of nitrogens with zero attached hydrogens (tertiary/aromatic N) is 3. The highest BCUT2D eigenvalue weighted by molar-refractivity contribution is 5.44. The maximum Gasteiger partial charge on any atom is 0.149 e. The van der Waals surface area contributed by atoms with Gasteiger partial charge < -0.3 is 11.1 Å². The van der Waals surface area contributed by atoms with Crippen LogP contribution < -0.4 is 11.1 Å². The van der Waals surface area contributed by atoms with Crippen LogP contribution in [0.5, 0.6) is 0 Å². The molecule has 2 heterocycles. The van der Waals surface area contributed by atoms with Crippen molar-refractivity contribution in [2.75, 3.05) is 11.9 Å². The second-order valence-corrected chi connectivity index (χ2v) is 4.21. The van der Waals surface area contributed by atoms with Gasteiger partial charge in [0, 0.05) is 6.54 Å². The molecule has 78 valence electrons. The summed E-state index contributed by atoms with van der Waals surface area (Å²) in [7, 11) is 0. The van der Waals surface area contributed by atoms with Crippen LogP contribution in [0.15, 0.2) is 0 Å².